The summed E-state index contributed by atoms with van der Waals surface area (Å²) in [6, 6.07) is 3.27. The van der Waals surface area contributed by atoms with Gasteiger partial charge in [-0.2, -0.15) is 5.10 Å². The average molecular weight is 313 g/mol. The number of H-pyrrole nitrogens is 1. The minimum atomic E-state index is -4.02. The molecule has 0 bridgehead atoms. The molecule has 0 unspecified atom stereocenters. The van der Waals surface area contributed by atoms with Gasteiger partial charge in [0.25, 0.3) is 5.69 Å². The van der Waals surface area contributed by atoms with Crippen LogP contribution in [-0.4, -0.2) is 28.5 Å². The molecule has 2 rings (SSSR count). The molecule has 0 saturated carbocycles. The highest BCUT2D eigenvalue weighted by molar-refractivity contribution is 7.89. The Bertz CT molecular complexity index is 743. The lowest BCUT2D eigenvalue weighted by Gasteiger charge is -2.10. The number of hydrazine groups is 1. The van der Waals surface area contributed by atoms with Crippen LogP contribution < -0.4 is 16.0 Å². The van der Waals surface area contributed by atoms with E-state index in [-0.39, 0.29) is 22.8 Å². The van der Waals surface area contributed by atoms with Crippen LogP contribution in [0, 0.1) is 10.1 Å². The molecule has 1 heterocycles. The van der Waals surface area contributed by atoms with Gasteiger partial charge in [0.2, 0.25) is 10.0 Å². The van der Waals surface area contributed by atoms with E-state index in [1.54, 1.807) is 0 Å². The Kier molecular flexibility index (Phi) is 4.11. The zero-order chi connectivity index (χ0) is 15.5. The van der Waals surface area contributed by atoms with E-state index in [9.17, 15) is 18.5 Å². The van der Waals surface area contributed by atoms with Gasteiger partial charge >= 0.3 is 0 Å². The molecule has 0 fully saturated rings. The first-order valence-corrected chi connectivity index (χ1v) is 7.01. The van der Waals surface area contributed by atoms with Gasteiger partial charge in [0, 0.05) is 12.1 Å². The van der Waals surface area contributed by atoms with Crippen molar-refractivity contribution in [1.29, 1.82) is 0 Å². The summed E-state index contributed by atoms with van der Waals surface area (Å²) >= 11 is 0. The van der Waals surface area contributed by atoms with E-state index in [0.29, 0.717) is 5.82 Å². The molecule has 0 radical (unpaired) electrons. The molecule has 0 aliphatic rings. The predicted octanol–water partition coefficient (Wildman–Crippen LogP) is -0.523. The molecule has 5 N–H and O–H groups in total. The molecule has 21 heavy (non-hydrogen) atoms. The first-order valence-electron chi connectivity index (χ1n) is 5.53. The minimum Gasteiger partial charge on any atom is -0.323 e. The van der Waals surface area contributed by atoms with Gasteiger partial charge in [0.05, 0.1) is 17.2 Å². The van der Waals surface area contributed by atoms with E-state index in [1.807, 2.05) is 0 Å². The maximum absolute atomic E-state index is 12.2. The van der Waals surface area contributed by atoms with E-state index in [2.05, 4.69) is 25.3 Å². The molecule has 1 aromatic carbocycles. The monoisotopic (exact) mass is 313 g/mol. The van der Waals surface area contributed by atoms with Crippen LogP contribution >= 0.6 is 0 Å². The Morgan fingerprint density at radius 3 is 2.76 bits per heavy atom. The van der Waals surface area contributed by atoms with E-state index in [0.717, 1.165) is 12.1 Å². The third-order valence-electron chi connectivity index (χ3n) is 2.52. The molecule has 11 nitrogen and oxygen atoms in total. The lowest BCUT2D eigenvalue weighted by Crippen LogP contribution is -2.25. The summed E-state index contributed by atoms with van der Waals surface area (Å²) in [6.07, 6.45) is 1.23. The number of benzene rings is 1. The number of nitro benzene ring substituents is 1. The maximum Gasteiger partial charge on any atom is 0.270 e. The molecule has 0 aliphatic heterocycles. The first kappa shape index (κ1) is 14.8. The Balaban J connectivity index is 2.33. The minimum absolute atomic E-state index is 0.0330. The third-order valence-corrected chi connectivity index (χ3v) is 3.96. The predicted molar refractivity (Wildman–Crippen MR) is 71.3 cm³/mol. The number of hydrogen-bond donors (Lipinski definition) is 4. The number of nitrogen functional groups attached to an aromatic ring is 1. The van der Waals surface area contributed by atoms with Crippen LogP contribution in [0.3, 0.4) is 0 Å². The number of nitrogens with zero attached hydrogens (tertiary/aromatic N) is 3. The number of aromatic amines is 1. The van der Waals surface area contributed by atoms with E-state index >= 15 is 0 Å². The molecular formula is C9H11N7O4S. The fraction of sp³-hybridized carbons (Fsp3) is 0.111. The molecule has 1 aromatic heterocycles. The molecule has 0 atom stereocenters. The number of nitrogens with one attached hydrogen (secondary N) is 3. The van der Waals surface area contributed by atoms with Crippen molar-refractivity contribution in [2.75, 3.05) is 5.43 Å². The lowest BCUT2D eigenvalue weighted by atomic mass is 10.3. The van der Waals surface area contributed by atoms with Crippen LogP contribution in [0.4, 0.5) is 11.4 Å². The number of nitrogens with two attached hydrogens (primary N) is 1. The van der Waals surface area contributed by atoms with Crippen molar-refractivity contribution in [3.63, 3.8) is 0 Å². The Morgan fingerprint density at radius 1 is 1.43 bits per heavy atom. The van der Waals surface area contributed by atoms with Crippen molar-refractivity contribution >= 4 is 21.4 Å². The Labute approximate surface area is 118 Å². The van der Waals surface area contributed by atoms with Crippen LogP contribution in [-0.2, 0) is 16.6 Å². The zero-order valence-electron chi connectivity index (χ0n) is 10.5. The fourth-order valence-electron chi connectivity index (χ4n) is 1.52. The smallest absolute Gasteiger partial charge is 0.270 e. The van der Waals surface area contributed by atoms with E-state index in [1.165, 1.54) is 12.4 Å². The molecule has 2 aromatic rings. The van der Waals surface area contributed by atoms with Crippen LogP contribution in [0.15, 0.2) is 29.4 Å². The molecular weight excluding hydrogens is 302 g/mol. The Morgan fingerprint density at radius 2 is 2.19 bits per heavy atom. The van der Waals surface area contributed by atoms with Gasteiger partial charge in [-0.3, -0.25) is 21.1 Å². The van der Waals surface area contributed by atoms with Gasteiger partial charge in [-0.15, -0.1) is 0 Å². The van der Waals surface area contributed by atoms with Gasteiger partial charge in [-0.1, -0.05) is 0 Å². The zero-order valence-corrected chi connectivity index (χ0v) is 11.3. The number of aromatic nitrogens is 3. The summed E-state index contributed by atoms with van der Waals surface area (Å²) in [7, 11) is -4.02. The van der Waals surface area contributed by atoms with Crippen molar-refractivity contribution in [2.45, 2.75) is 11.4 Å². The molecule has 0 saturated heterocycles. The van der Waals surface area contributed by atoms with Crippen molar-refractivity contribution < 1.29 is 13.3 Å². The summed E-state index contributed by atoms with van der Waals surface area (Å²) in [5, 5.41) is 16.8. The maximum atomic E-state index is 12.2. The number of non-ortho nitro benzene ring substituents is 1. The summed E-state index contributed by atoms with van der Waals surface area (Å²) in [4.78, 5) is 13.5. The SMILES string of the molecule is NNc1ccc([N+](=O)[O-])cc1S(=O)(=O)NCc1ncn[nH]1. The quantitative estimate of drug-likeness (QED) is 0.313. The van der Waals surface area contributed by atoms with Gasteiger partial charge in [-0.25, -0.2) is 18.1 Å². The number of rotatable bonds is 6. The van der Waals surface area contributed by atoms with Crippen LogP contribution in [0.5, 0.6) is 0 Å². The molecule has 0 spiro atoms. The van der Waals surface area contributed by atoms with E-state index < -0.39 is 14.9 Å². The van der Waals surface area contributed by atoms with Crippen molar-refractivity contribution in [1.82, 2.24) is 19.9 Å². The second kappa shape index (κ2) is 5.82. The molecule has 12 heteroatoms. The molecule has 0 aliphatic carbocycles. The molecule has 112 valence electrons. The second-order valence-corrected chi connectivity index (χ2v) is 5.57. The highest BCUT2D eigenvalue weighted by Gasteiger charge is 2.22. The normalized spacial score (nSPS) is 11.3. The highest BCUT2D eigenvalue weighted by atomic mass is 32.2. The summed E-state index contributed by atoms with van der Waals surface area (Å²) < 4.78 is 26.6. The van der Waals surface area contributed by atoms with Crippen LogP contribution in [0.1, 0.15) is 5.82 Å². The summed E-state index contributed by atoms with van der Waals surface area (Å²) in [6.45, 7) is -0.144. The van der Waals surface area contributed by atoms with Crippen molar-refractivity contribution in [2.24, 2.45) is 5.84 Å². The van der Waals surface area contributed by atoms with Crippen LogP contribution in [0.25, 0.3) is 0 Å². The topological polar surface area (TPSA) is 169 Å². The average Bonchev–Trinajstić information content (AvgIpc) is 2.98. The Hall–Kier alpha value is -2.57. The summed E-state index contributed by atoms with van der Waals surface area (Å²) in [5.74, 6) is 5.52. The van der Waals surface area contributed by atoms with Gasteiger partial charge in [0.15, 0.2) is 0 Å². The van der Waals surface area contributed by atoms with Crippen LogP contribution in [0.2, 0.25) is 0 Å². The third kappa shape index (κ3) is 3.31. The highest BCUT2D eigenvalue weighted by Crippen LogP contribution is 2.25. The second-order valence-electron chi connectivity index (χ2n) is 3.84. The number of sulfonamides is 1. The van der Waals surface area contributed by atoms with Gasteiger partial charge in [0.1, 0.15) is 17.0 Å². The van der Waals surface area contributed by atoms with Gasteiger partial charge in [-0.05, 0) is 6.07 Å². The number of nitro groups is 1. The largest absolute Gasteiger partial charge is 0.323 e. The number of hydrogen-bond acceptors (Lipinski definition) is 8. The van der Waals surface area contributed by atoms with Crippen molar-refractivity contribution in [3.8, 4) is 0 Å². The first-order chi connectivity index (χ1) is 9.94. The molecule has 0 amide bonds. The standard InChI is InChI=1S/C9H11N7O4S/c10-14-7-2-1-6(16(17)18)3-8(7)21(19,20)13-4-9-11-5-12-15-9/h1-3,5,13-14H,4,10H2,(H,11,12,15). The van der Waals surface area contributed by atoms with Gasteiger partial charge < -0.3 is 5.43 Å². The van der Waals surface area contributed by atoms with Crippen molar-refractivity contribution in [3.05, 3.63) is 40.5 Å². The fourth-order valence-corrected chi connectivity index (χ4v) is 2.70. The lowest BCUT2D eigenvalue weighted by molar-refractivity contribution is -0.385. The van der Waals surface area contributed by atoms with E-state index in [4.69, 9.17) is 5.84 Å². The summed E-state index contributed by atoms with van der Waals surface area (Å²) in [5.41, 5.74) is 1.85. The number of anilines is 1.